The average Bonchev–Trinajstić information content (AvgIpc) is 2.58. The lowest BCUT2D eigenvalue weighted by Gasteiger charge is -2.20. The predicted molar refractivity (Wildman–Crippen MR) is 120 cm³/mol. The van der Waals surface area contributed by atoms with E-state index in [4.69, 9.17) is 16.7 Å². The van der Waals surface area contributed by atoms with Crippen molar-refractivity contribution in [2.75, 3.05) is 32.0 Å². The molecule has 1 rings (SSSR count). The maximum absolute atomic E-state index is 12.9. The minimum absolute atomic E-state index is 0.0164. The molecule has 0 fully saturated rings. The molecule has 0 aliphatic rings. The molecule has 2 amide bonds. The lowest BCUT2D eigenvalue weighted by Crippen LogP contribution is -2.42. The molecule has 0 aliphatic carbocycles. The molecule has 0 saturated heterocycles. The monoisotopic (exact) mass is 713 g/mol. The number of carbonyl (C=O) groups excluding carboxylic acids is 2. The molecule has 8 N–H and O–H groups in total. The summed E-state index contributed by atoms with van der Waals surface area (Å²) in [6.07, 6.45) is 0. The highest BCUT2D eigenvalue weighted by atomic mass is 127. The largest absolute Gasteiger partial charge is 0.397 e. The van der Waals surface area contributed by atoms with Gasteiger partial charge in [0.2, 0.25) is 0 Å². The first-order valence-corrected chi connectivity index (χ1v) is 9.63. The topological polar surface area (TPSA) is 165 Å². The first-order valence-electron chi connectivity index (χ1n) is 10.4. The van der Waals surface area contributed by atoms with Crippen LogP contribution in [0.2, 0.25) is 0 Å². The Morgan fingerprint density at radius 1 is 0.846 bits per heavy atom. The smallest absolute Gasteiger partial charge is 0.253 e. The molecular formula is C14H18I3N3O6. The van der Waals surface area contributed by atoms with Gasteiger partial charge in [0.1, 0.15) is 0 Å². The van der Waals surface area contributed by atoms with Crippen LogP contribution in [0.15, 0.2) is 0 Å². The van der Waals surface area contributed by atoms with Gasteiger partial charge in [0.15, 0.2) is 0 Å². The fraction of sp³-hybridized carbons (Fsp3) is 0.429. The second kappa shape index (κ2) is 11.1. The molecular weight excluding hydrogens is 687 g/mol. The molecule has 1 aromatic rings. The van der Waals surface area contributed by atoms with E-state index in [0.717, 1.165) is 0 Å². The van der Waals surface area contributed by atoms with Crippen molar-refractivity contribution in [2.45, 2.75) is 12.1 Å². The number of benzene rings is 1. The van der Waals surface area contributed by atoms with E-state index < -0.39 is 61.3 Å². The molecule has 1 aromatic carbocycles. The van der Waals surface area contributed by atoms with E-state index >= 15 is 0 Å². The molecule has 0 unspecified atom stereocenters. The maximum Gasteiger partial charge on any atom is 0.253 e. The molecule has 0 aliphatic heterocycles. The molecule has 146 valence electrons. The minimum atomic E-state index is -3.41. The van der Waals surface area contributed by atoms with Crippen molar-refractivity contribution in [3.8, 4) is 0 Å². The maximum atomic E-state index is 12.9. The van der Waals surface area contributed by atoms with Gasteiger partial charge in [-0.25, -0.2) is 0 Å². The van der Waals surface area contributed by atoms with Crippen LogP contribution < -0.4 is 16.4 Å². The molecule has 0 bridgehead atoms. The van der Waals surface area contributed by atoms with E-state index in [0.29, 0.717) is 0 Å². The van der Waals surface area contributed by atoms with Crippen molar-refractivity contribution < 1.29 is 41.0 Å². The number of nitrogens with two attached hydrogens (primary N) is 1. The Bertz CT molecular complexity index is 877. The van der Waals surface area contributed by atoms with Gasteiger partial charge in [-0.15, -0.1) is 0 Å². The fourth-order valence-electron chi connectivity index (χ4n) is 1.68. The Morgan fingerprint density at radius 3 is 1.42 bits per heavy atom. The quantitative estimate of drug-likeness (QED) is 0.138. The highest BCUT2D eigenvalue weighted by molar-refractivity contribution is 14.1. The number of nitrogens with one attached hydrogen (secondary N) is 2. The van der Waals surface area contributed by atoms with Crippen LogP contribution in [0.5, 0.6) is 0 Å². The van der Waals surface area contributed by atoms with Crippen molar-refractivity contribution in [3.63, 3.8) is 0 Å². The van der Waals surface area contributed by atoms with Gasteiger partial charge in [-0.1, -0.05) is 0 Å². The third kappa shape index (κ3) is 5.51. The number of amides is 2. The number of hydrogen-bond donors (Lipinski definition) is 7. The van der Waals surface area contributed by atoms with E-state index in [1.165, 1.54) is 22.6 Å². The van der Waals surface area contributed by atoms with Gasteiger partial charge in [0.25, 0.3) is 11.8 Å². The van der Waals surface area contributed by atoms with Gasteiger partial charge in [0.05, 0.1) is 73.2 Å². The summed E-state index contributed by atoms with van der Waals surface area (Å²) in [6, 6.07) is -4.94. The SMILES string of the molecule is [2H]C([2H])(O)C(NC(=O)c1c(I)c(N)c(I)c(C(=O)NC(C([2H])([2H])O)C([2H])([2H])O)c1I)C([2H])([2H])O. The Balaban J connectivity index is 3.63. The lowest BCUT2D eigenvalue weighted by atomic mass is 10.1. The lowest BCUT2D eigenvalue weighted by molar-refractivity contribution is 0.0874. The molecule has 0 atom stereocenters. The molecule has 0 radical (unpaired) electrons. The van der Waals surface area contributed by atoms with Crippen molar-refractivity contribution in [2.24, 2.45) is 0 Å². The third-order valence-electron chi connectivity index (χ3n) is 2.87. The van der Waals surface area contributed by atoms with Crippen LogP contribution in [-0.4, -0.2) is 70.6 Å². The summed E-state index contributed by atoms with van der Waals surface area (Å²) < 4.78 is 58.1. The van der Waals surface area contributed by atoms with E-state index in [1.54, 1.807) is 45.2 Å². The summed E-state index contributed by atoms with van der Waals surface area (Å²) in [6.45, 7) is -13.6. The Kier molecular flexibility index (Phi) is 6.00. The first-order chi connectivity index (χ1) is 14.9. The van der Waals surface area contributed by atoms with Crippen LogP contribution >= 0.6 is 67.8 Å². The van der Waals surface area contributed by atoms with Crippen molar-refractivity contribution >= 4 is 85.3 Å². The van der Waals surface area contributed by atoms with Gasteiger partial charge in [-0.3, -0.25) is 9.59 Å². The van der Waals surface area contributed by atoms with Crippen LogP contribution in [-0.2, 0) is 0 Å². The van der Waals surface area contributed by atoms with Crippen LogP contribution in [0.1, 0.15) is 31.7 Å². The van der Waals surface area contributed by atoms with Crippen LogP contribution in [0.3, 0.4) is 0 Å². The van der Waals surface area contributed by atoms with Crippen LogP contribution in [0.25, 0.3) is 0 Å². The number of carbonyl (C=O) groups is 2. The summed E-state index contributed by atoms with van der Waals surface area (Å²) in [5.41, 5.74) is 4.99. The molecule has 0 spiro atoms. The normalized spacial score (nSPS) is 17.9. The molecule has 12 heteroatoms. The molecule has 0 aromatic heterocycles. The van der Waals surface area contributed by atoms with Crippen molar-refractivity contribution in [3.05, 3.63) is 21.8 Å². The Labute approximate surface area is 201 Å². The average molecular weight is 713 g/mol. The highest BCUT2D eigenvalue weighted by Crippen LogP contribution is 2.33. The zero-order valence-electron chi connectivity index (χ0n) is 20.5. The number of aliphatic hydroxyl groups is 4. The Hall–Kier alpha value is -0.0100. The van der Waals surface area contributed by atoms with Gasteiger partial charge < -0.3 is 36.8 Å². The first kappa shape index (κ1) is 14.0. The number of rotatable bonds is 8. The van der Waals surface area contributed by atoms with Gasteiger partial charge in [-0.2, -0.15) is 0 Å². The van der Waals surface area contributed by atoms with Gasteiger partial charge in [-0.05, 0) is 67.8 Å². The fourth-order valence-corrected chi connectivity index (χ4v) is 5.82. The second-order valence-electron chi connectivity index (χ2n) is 4.43. The minimum Gasteiger partial charge on any atom is -0.397 e. The van der Waals surface area contributed by atoms with Gasteiger partial charge >= 0.3 is 0 Å². The summed E-state index contributed by atoms with van der Waals surface area (Å²) in [5, 5.41) is 41.8. The number of anilines is 1. The molecule has 9 nitrogen and oxygen atoms in total. The third-order valence-corrected chi connectivity index (χ3v) is 6.19. The van der Waals surface area contributed by atoms with Crippen LogP contribution in [0, 0.1) is 10.7 Å². The summed E-state index contributed by atoms with van der Waals surface area (Å²) in [7, 11) is 0. The number of hydrogen-bond acceptors (Lipinski definition) is 7. The summed E-state index contributed by atoms with van der Waals surface area (Å²) >= 11 is 4.73. The molecule has 26 heavy (non-hydrogen) atoms. The highest BCUT2D eigenvalue weighted by Gasteiger charge is 2.28. The van der Waals surface area contributed by atoms with Crippen LogP contribution in [0.4, 0.5) is 5.69 Å². The summed E-state index contributed by atoms with van der Waals surface area (Å²) in [5.74, 6) is -2.50. The summed E-state index contributed by atoms with van der Waals surface area (Å²) in [4.78, 5) is 25.8. The Morgan fingerprint density at radius 2 is 1.15 bits per heavy atom. The zero-order valence-corrected chi connectivity index (χ0v) is 18.9. The standard InChI is InChI=1S/C14H18I3N3O6/c15-9-7(13(25)19-5(1-21)2-22)10(16)12(18)11(17)8(9)14(26)20-6(3-23)4-24/h5-6,21-24H,1-4,18H2,(H,19,25)(H,20,26)/i1D2,2D2,3D2,4D2. The van der Waals surface area contributed by atoms with E-state index in [1.807, 2.05) is 10.6 Å². The number of halogens is 3. The number of nitrogen functional groups attached to an aromatic ring is 1. The van der Waals surface area contributed by atoms with Crippen molar-refractivity contribution in [1.29, 1.82) is 0 Å². The second-order valence-corrected chi connectivity index (χ2v) is 7.67. The molecule has 0 saturated carbocycles. The van der Waals surface area contributed by atoms with Crippen molar-refractivity contribution in [1.82, 2.24) is 10.6 Å². The zero-order chi connectivity index (χ0) is 27.2. The molecule has 0 heterocycles. The van der Waals surface area contributed by atoms with E-state index in [-0.39, 0.29) is 16.4 Å². The van der Waals surface area contributed by atoms with Gasteiger partial charge in [0, 0.05) is 3.57 Å². The van der Waals surface area contributed by atoms with E-state index in [9.17, 15) is 30.0 Å². The predicted octanol–water partition coefficient (Wildman–Crippen LogP) is -0.751. The van der Waals surface area contributed by atoms with E-state index in [2.05, 4.69) is 0 Å².